The molecular formula is C58H35N3O2. The zero-order chi connectivity index (χ0) is 41.4. The fourth-order valence-electron chi connectivity index (χ4n) is 9.43. The van der Waals surface area contributed by atoms with Crippen molar-refractivity contribution >= 4 is 65.8 Å². The number of para-hydroxylation sites is 2. The van der Waals surface area contributed by atoms with E-state index in [1.807, 2.05) is 18.3 Å². The summed E-state index contributed by atoms with van der Waals surface area (Å²) in [5.41, 5.74) is 17.8. The summed E-state index contributed by atoms with van der Waals surface area (Å²) in [6.45, 7) is 0. The summed E-state index contributed by atoms with van der Waals surface area (Å²) >= 11 is 0. The number of aromatic nitrogens is 3. The summed E-state index contributed by atoms with van der Waals surface area (Å²) in [6.07, 6.45) is 3.63. The zero-order valence-electron chi connectivity index (χ0n) is 33.9. The Morgan fingerprint density at radius 2 is 0.841 bits per heavy atom. The first-order valence-electron chi connectivity index (χ1n) is 21.2. The number of fused-ring (bicyclic) bond motifs is 9. The van der Waals surface area contributed by atoms with Crippen molar-refractivity contribution in [1.29, 1.82) is 0 Å². The molecule has 294 valence electrons. The molecule has 0 aliphatic rings. The van der Waals surface area contributed by atoms with E-state index in [-0.39, 0.29) is 0 Å². The van der Waals surface area contributed by atoms with Crippen molar-refractivity contribution in [3.05, 3.63) is 213 Å². The van der Waals surface area contributed by atoms with Crippen LogP contribution in [0.2, 0.25) is 0 Å². The molecule has 0 spiro atoms. The molecule has 5 aromatic heterocycles. The zero-order valence-corrected chi connectivity index (χ0v) is 33.9. The van der Waals surface area contributed by atoms with E-state index in [4.69, 9.17) is 13.8 Å². The van der Waals surface area contributed by atoms with Crippen molar-refractivity contribution in [2.45, 2.75) is 0 Å². The van der Waals surface area contributed by atoms with Gasteiger partial charge in [0, 0.05) is 49.8 Å². The lowest BCUT2D eigenvalue weighted by Crippen LogP contribution is -1.92. The Labute approximate surface area is 361 Å². The monoisotopic (exact) mass is 805 g/mol. The average molecular weight is 806 g/mol. The van der Waals surface area contributed by atoms with Gasteiger partial charge in [-0.2, -0.15) is 0 Å². The molecule has 0 radical (unpaired) electrons. The molecule has 0 amide bonds. The number of hydrogen-bond donors (Lipinski definition) is 0. The van der Waals surface area contributed by atoms with Gasteiger partial charge in [0.2, 0.25) is 5.71 Å². The van der Waals surface area contributed by atoms with E-state index in [2.05, 4.69) is 198 Å². The number of furan rings is 2. The van der Waals surface area contributed by atoms with Gasteiger partial charge in [-0.05, 0) is 136 Å². The van der Waals surface area contributed by atoms with Crippen LogP contribution in [0.1, 0.15) is 0 Å². The summed E-state index contributed by atoms with van der Waals surface area (Å²) in [5.74, 6) is 0. The Bertz CT molecular complexity index is 3930. The van der Waals surface area contributed by atoms with Crippen LogP contribution < -0.4 is 0 Å². The highest BCUT2D eigenvalue weighted by Crippen LogP contribution is 2.39. The van der Waals surface area contributed by atoms with E-state index in [0.29, 0.717) is 5.71 Å². The third-order valence-electron chi connectivity index (χ3n) is 12.5. The predicted molar refractivity (Wildman–Crippen MR) is 258 cm³/mol. The van der Waals surface area contributed by atoms with Gasteiger partial charge in [0.25, 0.3) is 0 Å². The summed E-state index contributed by atoms with van der Waals surface area (Å²) in [5, 5.41) is 6.66. The van der Waals surface area contributed by atoms with Gasteiger partial charge in [0.05, 0.1) is 22.9 Å². The minimum absolute atomic E-state index is 0.661. The van der Waals surface area contributed by atoms with Gasteiger partial charge in [0.1, 0.15) is 11.2 Å². The number of hydrogen-bond acceptors (Lipinski definition) is 4. The Hall–Kier alpha value is -8.54. The Balaban J connectivity index is 0.835. The molecule has 5 heterocycles. The van der Waals surface area contributed by atoms with E-state index < -0.39 is 0 Å². The van der Waals surface area contributed by atoms with Crippen LogP contribution >= 0.6 is 0 Å². The van der Waals surface area contributed by atoms with Crippen LogP contribution in [0.15, 0.2) is 221 Å². The maximum absolute atomic E-state index is 6.36. The molecule has 5 heteroatoms. The van der Waals surface area contributed by atoms with Crippen LogP contribution in [0.5, 0.6) is 0 Å². The fraction of sp³-hybridized carbons (Fsp3) is 0. The number of pyridine rings is 2. The first kappa shape index (κ1) is 35.2. The molecule has 0 aliphatic carbocycles. The van der Waals surface area contributed by atoms with E-state index in [1.54, 1.807) is 6.20 Å². The first-order valence-corrected chi connectivity index (χ1v) is 21.2. The van der Waals surface area contributed by atoms with Gasteiger partial charge in [-0.25, -0.2) is 4.98 Å². The number of benzene rings is 8. The summed E-state index contributed by atoms with van der Waals surface area (Å²) in [6, 6.07) is 71.3. The van der Waals surface area contributed by atoms with Crippen LogP contribution in [0.4, 0.5) is 0 Å². The Kier molecular flexibility index (Phi) is 7.84. The minimum atomic E-state index is 0.661. The van der Waals surface area contributed by atoms with E-state index >= 15 is 0 Å². The number of rotatable bonds is 6. The van der Waals surface area contributed by atoms with Gasteiger partial charge in [-0.15, -0.1) is 0 Å². The summed E-state index contributed by atoms with van der Waals surface area (Å²) < 4.78 is 14.7. The molecular weight excluding hydrogens is 771 g/mol. The molecule has 63 heavy (non-hydrogen) atoms. The Morgan fingerprint density at radius 3 is 1.56 bits per heavy atom. The van der Waals surface area contributed by atoms with Gasteiger partial charge in [-0.1, -0.05) is 109 Å². The largest absolute Gasteiger partial charge is 0.454 e. The third kappa shape index (κ3) is 5.86. The molecule has 8 aromatic carbocycles. The molecule has 0 saturated carbocycles. The van der Waals surface area contributed by atoms with Crippen LogP contribution in [-0.4, -0.2) is 14.5 Å². The standard InChI is InChI=1S/C58H35N3O2/c1-2-16-45(17-3-1)61-53-20-5-4-18-46(53)48-31-41(21-24-54(48)61)40-14-8-15-44(30-40)52-34-51-50-33-43(22-25-55(50)62-57(51)35-60-52)39-13-7-11-37(29-39)36-10-6-12-38(28-36)42-23-26-56-49(32-42)47-19-9-27-59-58(47)63-56/h1-35H. The molecule has 0 saturated heterocycles. The second kappa shape index (κ2) is 14.0. The summed E-state index contributed by atoms with van der Waals surface area (Å²) in [4.78, 5) is 9.32. The van der Waals surface area contributed by atoms with E-state index in [9.17, 15) is 0 Å². The van der Waals surface area contributed by atoms with Crippen molar-refractivity contribution < 1.29 is 8.83 Å². The Morgan fingerprint density at radius 1 is 0.317 bits per heavy atom. The van der Waals surface area contributed by atoms with Crippen LogP contribution in [0.3, 0.4) is 0 Å². The van der Waals surface area contributed by atoms with Gasteiger partial charge >= 0.3 is 0 Å². The van der Waals surface area contributed by atoms with Crippen molar-refractivity contribution in [2.24, 2.45) is 0 Å². The van der Waals surface area contributed by atoms with Crippen molar-refractivity contribution in [2.75, 3.05) is 0 Å². The topological polar surface area (TPSA) is 57.0 Å². The van der Waals surface area contributed by atoms with Crippen molar-refractivity contribution in [1.82, 2.24) is 14.5 Å². The molecule has 13 rings (SSSR count). The van der Waals surface area contributed by atoms with E-state index in [0.717, 1.165) is 99.7 Å². The number of nitrogens with zero attached hydrogens (tertiary/aromatic N) is 3. The molecule has 0 N–H and O–H groups in total. The normalized spacial score (nSPS) is 11.8. The lowest BCUT2D eigenvalue weighted by Gasteiger charge is -2.09. The predicted octanol–water partition coefficient (Wildman–Crippen LogP) is 15.7. The minimum Gasteiger partial charge on any atom is -0.454 e. The quantitative estimate of drug-likeness (QED) is 0.168. The smallest absolute Gasteiger partial charge is 0.227 e. The second-order valence-electron chi connectivity index (χ2n) is 16.2. The second-order valence-corrected chi connectivity index (χ2v) is 16.2. The molecule has 13 aromatic rings. The van der Waals surface area contributed by atoms with E-state index in [1.165, 1.54) is 21.8 Å². The van der Waals surface area contributed by atoms with Gasteiger partial charge in [0.15, 0.2) is 5.58 Å². The SMILES string of the molecule is c1ccc(-n2c3ccccc3c3cc(-c4cccc(-c5cc6c(cn5)oc5ccc(-c7cccc(-c8cccc(-c9ccc%10oc%11ncccc%11c%10c9)c8)c7)cc56)c4)ccc32)cc1. The highest BCUT2D eigenvalue weighted by atomic mass is 16.3. The lowest BCUT2D eigenvalue weighted by atomic mass is 9.95. The van der Waals surface area contributed by atoms with Crippen LogP contribution in [-0.2, 0) is 0 Å². The first-order chi connectivity index (χ1) is 31.2. The fourth-order valence-corrected chi connectivity index (χ4v) is 9.43. The molecule has 0 unspecified atom stereocenters. The molecule has 5 nitrogen and oxygen atoms in total. The maximum atomic E-state index is 6.36. The van der Waals surface area contributed by atoms with Crippen LogP contribution in [0, 0.1) is 0 Å². The highest BCUT2D eigenvalue weighted by Gasteiger charge is 2.16. The molecule has 0 bridgehead atoms. The molecule has 0 atom stereocenters. The maximum Gasteiger partial charge on any atom is 0.227 e. The van der Waals surface area contributed by atoms with Gasteiger partial charge in [-0.3, -0.25) is 4.98 Å². The summed E-state index contributed by atoms with van der Waals surface area (Å²) in [7, 11) is 0. The lowest BCUT2D eigenvalue weighted by molar-refractivity contribution is 0.654. The van der Waals surface area contributed by atoms with Crippen LogP contribution in [0.25, 0.3) is 127 Å². The third-order valence-corrected chi connectivity index (χ3v) is 12.5. The molecule has 0 aliphatic heterocycles. The van der Waals surface area contributed by atoms with Crippen molar-refractivity contribution in [3.63, 3.8) is 0 Å². The van der Waals surface area contributed by atoms with Crippen molar-refractivity contribution in [3.8, 4) is 61.5 Å². The average Bonchev–Trinajstić information content (AvgIpc) is 4.03. The van der Waals surface area contributed by atoms with Gasteiger partial charge < -0.3 is 13.4 Å². The molecule has 0 fully saturated rings. The highest BCUT2D eigenvalue weighted by molar-refractivity contribution is 6.11.